The van der Waals surface area contributed by atoms with E-state index in [1.807, 2.05) is 0 Å². The molecular weight excluding hydrogens is 364 g/mol. The quantitative estimate of drug-likeness (QED) is 0.155. The highest BCUT2D eigenvalue weighted by Crippen LogP contribution is 2.16. The number of rotatable bonds is 20. The molecule has 4 nitrogen and oxygen atoms in total. The third kappa shape index (κ3) is 16.6. The van der Waals surface area contributed by atoms with Gasteiger partial charge in [-0.2, -0.15) is 0 Å². The molecule has 0 aliphatic rings. The zero-order chi connectivity index (χ0) is 21.9. The largest absolute Gasteiger partial charge is 0.510 e. The maximum Gasteiger partial charge on any atom is 0.137 e. The molecule has 2 unspecified atom stereocenters. The predicted molar refractivity (Wildman–Crippen MR) is 122 cm³/mol. The Balaban J connectivity index is 3.44. The van der Waals surface area contributed by atoms with Crippen LogP contribution in [0.4, 0.5) is 0 Å². The van der Waals surface area contributed by atoms with Gasteiger partial charge in [0.25, 0.3) is 0 Å². The molecule has 0 saturated carbocycles. The summed E-state index contributed by atoms with van der Waals surface area (Å²) in [6.45, 7) is 5.73. The van der Waals surface area contributed by atoms with E-state index in [2.05, 4.69) is 13.8 Å². The van der Waals surface area contributed by atoms with E-state index in [0.29, 0.717) is 12.0 Å². The van der Waals surface area contributed by atoms with E-state index in [9.17, 15) is 15.0 Å². The second kappa shape index (κ2) is 19.1. The van der Waals surface area contributed by atoms with Crippen LogP contribution in [0.25, 0.3) is 0 Å². The SMILES string of the molecule is CCC(C)CCCCCCCCCCCCCCC(=O)C/C(C)=C(/O)C(O)CO. The lowest BCUT2D eigenvalue weighted by atomic mass is 9.99. The summed E-state index contributed by atoms with van der Waals surface area (Å²) in [6, 6.07) is 0. The molecular formula is C25H48O4. The number of allylic oxidation sites excluding steroid dienone is 1. The van der Waals surface area contributed by atoms with Crippen LogP contribution in [0.5, 0.6) is 0 Å². The average molecular weight is 413 g/mol. The number of ketones is 1. The summed E-state index contributed by atoms with van der Waals surface area (Å²) < 4.78 is 0. The molecule has 0 saturated heterocycles. The minimum absolute atomic E-state index is 0.0864. The number of carbonyl (C=O) groups excluding carboxylic acids is 1. The van der Waals surface area contributed by atoms with Crippen molar-refractivity contribution in [2.45, 2.75) is 130 Å². The molecule has 0 aromatic rings. The molecule has 29 heavy (non-hydrogen) atoms. The molecule has 172 valence electrons. The van der Waals surface area contributed by atoms with E-state index in [4.69, 9.17) is 5.11 Å². The fourth-order valence-corrected chi connectivity index (χ4v) is 3.63. The van der Waals surface area contributed by atoms with Gasteiger partial charge in [0.1, 0.15) is 17.6 Å². The van der Waals surface area contributed by atoms with Gasteiger partial charge in [0.2, 0.25) is 0 Å². The first kappa shape index (κ1) is 28.1. The van der Waals surface area contributed by atoms with Crippen LogP contribution in [0, 0.1) is 5.92 Å². The van der Waals surface area contributed by atoms with Crippen LogP contribution in [0.15, 0.2) is 11.3 Å². The van der Waals surface area contributed by atoms with Gasteiger partial charge in [-0.25, -0.2) is 0 Å². The minimum atomic E-state index is -1.28. The first-order chi connectivity index (χ1) is 13.9. The molecule has 0 bridgehead atoms. The summed E-state index contributed by atoms with van der Waals surface area (Å²) in [5.74, 6) is 0.712. The van der Waals surface area contributed by atoms with Crippen molar-refractivity contribution < 1.29 is 20.1 Å². The van der Waals surface area contributed by atoms with E-state index in [-0.39, 0.29) is 18.0 Å². The molecule has 0 spiro atoms. The van der Waals surface area contributed by atoms with Crippen molar-refractivity contribution in [3.63, 3.8) is 0 Å². The molecule has 0 aliphatic carbocycles. The number of hydrogen-bond donors (Lipinski definition) is 3. The summed E-state index contributed by atoms with van der Waals surface area (Å²) in [5, 5.41) is 27.9. The van der Waals surface area contributed by atoms with Gasteiger partial charge in [-0.3, -0.25) is 4.79 Å². The van der Waals surface area contributed by atoms with Gasteiger partial charge in [0.15, 0.2) is 0 Å². The maximum absolute atomic E-state index is 11.9. The number of aliphatic hydroxyl groups excluding tert-OH is 3. The molecule has 0 amide bonds. The second-order valence-electron chi connectivity index (χ2n) is 8.87. The Labute approximate surface area is 179 Å². The standard InChI is InChI=1S/C25H48O4/c1-4-21(2)17-15-13-11-9-7-5-6-8-10-12-14-16-18-23(27)19-22(3)25(29)24(28)20-26/h21,24,26,28-29H,4-20H2,1-3H3/b25-22+. The van der Waals surface area contributed by atoms with E-state index >= 15 is 0 Å². The van der Waals surface area contributed by atoms with Gasteiger partial charge in [-0.05, 0) is 24.8 Å². The predicted octanol–water partition coefficient (Wildman–Crippen LogP) is 6.64. The first-order valence-electron chi connectivity index (χ1n) is 12.1. The van der Waals surface area contributed by atoms with Crippen molar-refractivity contribution >= 4 is 5.78 Å². The topological polar surface area (TPSA) is 77.8 Å². The molecule has 0 aliphatic heterocycles. The lowest BCUT2D eigenvalue weighted by Gasteiger charge is -2.10. The van der Waals surface area contributed by atoms with Crippen molar-refractivity contribution in [1.82, 2.24) is 0 Å². The van der Waals surface area contributed by atoms with E-state index < -0.39 is 12.7 Å². The normalized spacial score (nSPS) is 14.5. The Bertz CT molecular complexity index is 431. The molecule has 0 rings (SSSR count). The molecule has 0 radical (unpaired) electrons. The fourth-order valence-electron chi connectivity index (χ4n) is 3.63. The Kier molecular flexibility index (Phi) is 18.5. The fraction of sp³-hybridized carbons (Fsp3) is 0.880. The number of unbranched alkanes of at least 4 members (excludes halogenated alkanes) is 11. The van der Waals surface area contributed by atoms with Crippen molar-refractivity contribution in [3.05, 3.63) is 11.3 Å². The van der Waals surface area contributed by atoms with Crippen LogP contribution in [-0.2, 0) is 4.79 Å². The number of hydrogen-bond acceptors (Lipinski definition) is 4. The minimum Gasteiger partial charge on any atom is -0.510 e. The average Bonchev–Trinajstić information content (AvgIpc) is 2.72. The Morgan fingerprint density at radius 2 is 1.28 bits per heavy atom. The van der Waals surface area contributed by atoms with Gasteiger partial charge >= 0.3 is 0 Å². The highest BCUT2D eigenvalue weighted by atomic mass is 16.3. The molecule has 0 fully saturated rings. The van der Waals surface area contributed by atoms with Crippen LogP contribution >= 0.6 is 0 Å². The van der Waals surface area contributed by atoms with Crippen molar-refractivity contribution in [2.24, 2.45) is 5.92 Å². The first-order valence-corrected chi connectivity index (χ1v) is 12.1. The van der Waals surface area contributed by atoms with Crippen LogP contribution in [0.2, 0.25) is 0 Å². The number of Topliss-reactive ketones (excluding diaryl/α,β-unsaturated/α-hetero) is 1. The zero-order valence-corrected chi connectivity index (χ0v) is 19.4. The van der Waals surface area contributed by atoms with Gasteiger partial charge < -0.3 is 15.3 Å². The number of carbonyl (C=O) groups is 1. The van der Waals surface area contributed by atoms with Gasteiger partial charge in [-0.15, -0.1) is 0 Å². The third-order valence-corrected chi connectivity index (χ3v) is 5.99. The van der Waals surface area contributed by atoms with E-state index in [0.717, 1.165) is 18.8 Å². The van der Waals surface area contributed by atoms with Gasteiger partial charge in [0, 0.05) is 12.8 Å². The Hall–Kier alpha value is -0.870. The van der Waals surface area contributed by atoms with Crippen molar-refractivity contribution in [1.29, 1.82) is 0 Å². The lowest BCUT2D eigenvalue weighted by Crippen LogP contribution is -2.17. The van der Waals surface area contributed by atoms with E-state index in [1.165, 1.54) is 77.0 Å². The maximum atomic E-state index is 11.9. The molecule has 0 aromatic heterocycles. The summed E-state index contributed by atoms with van der Waals surface area (Å²) in [5.41, 5.74) is 0.451. The Morgan fingerprint density at radius 3 is 1.72 bits per heavy atom. The molecule has 2 atom stereocenters. The van der Waals surface area contributed by atoms with Crippen LogP contribution in [0.1, 0.15) is 124 Å². The summed E-state index contributed by atoms with van der Waals surface area (Å²) in [4.78, 5) is 11.9. The summed E-state index contributed by atoms with van der Waals surface area (Å²) >= 11 is 0. The van der Waals surface area contributed by atoms with Crippen molar-refractivity contribution in [3.8, 4) is 0 Å². The third-order valence-electron chi connectivity index (χ3n) is 5.99. The Morgan fingerprint density at radius 1 is 0.828 bits per heavy atom. The smallest absolute Gasteiger partial charge is 0.137 e. The molecule has 0 heterocycles. The summed E-state index contributed by atoms with van der Waals surface area (Å²) in [6.07, 6.45) is 17.5. The molecule has 0 aromatic carbocycles. The second-order valence-corrected chi connectivity index (χ2v) is 8.87. The molecule has 3 N–H and O–H groups in total. The monoisotopic (exact) mass is 412 g/mol. The lowest BCUT2D eigenvalue weighted by molar-refractivity contribution is -0.118. The zero-order valence-electron chi connectivity index (χ0n) is 19.4. The van der Waals surface area contributed by atoms with Crippen LogP contribution in [-0.4, -0.2) is 33.8 Å². The van der Waals surface area contributed by atoms with Crippen LogP contribution < -0.4 is 0 Å². The highest BCUT2D eigenvalue weighted by molar-refractivity contribution is 5.80. The number of aliphatic hydroxyl groups is 3. The van der Waals surface area contributed by atoms with Gasteiger partial charge in [0.05, 0.1) is 6.61 Å². The molecule has 4 heteroatoms. The van der Waals surface area contributed by atoms with E-state index in [1.54, 1.807) is 6.92 Å². The van der Waals surface area contributed by atoms with Crippen molar-refractivity contribution in [2.75, 3.05) is 6.61 Å². The highest BCUT2D eigenvalue weighted by Gasteiger charge is 2.13. The summed E-state index contributed by atoms with van der Waals surface area (Å²) in [7, 11) is 0. The van der Waals surface area contributed by atoms with Gasteiger partial charge in [-0.1, -0.05) is 97.3 Å². The van der Waals surface area contributed by atoms with Crippen LogP contribution in [0.3, 0.4) is 0 Å².